The van der Waals surface area contributed by atoms with Gasteiger partial charge < -0.3 is 0 Å². The number of hydrogen-bond donors (Lipinski definition) is 2. The molecule has 0 heterocycles. The number of carboxylic acids is 1. The Balaban J connectivity index is 2.13. The summed E-state index contributed by atoms with van der Waals surface area (Å²) >= 11 is 6.32. The molecule has 28 heavy (non-hydrogen) atoms. The van der Waals surface area contributed by atoms with Crippen LogP contribution in [0.3, 0.4) is 0 Å². The van der Waals surface area contributed by atoms with Crippen molar-refractivity contribution in [3.05, 3.63) is 63.2 Å². The first-order valence-electron chi connectivity index (χ1n) is 9.71. The Labute approximate surface area is 180 Å². The molecule has 0 fully saturated rings. The molecule has 0 bridgehead atoms. The third-order valence-electron chi connectivity index (χ3n) is 5.07. The number of rotatable bonds is 9. The normalized spacial score (nSPS) is 13.6. The van der Waals surface area contributed by atoms with Gasteiger partial charge in [0.05, 0.1) is 0 Å². The topological polar surface area (TPSA) is 49.3 Å². The number of halogens is 1. The predicted molar refractivity (Wildman–Crippen MR) is 120 cm³/mol. The van der Waals surface area contributed by atoms with Crippen molar-refractivity contribution in [2.75, 3.05) is 5.32 Å². The third kappa shape index (κ3) is 6.03. The fourth-order valence-electron chi connectivity index (χ4n) is 3.19. The van der Waals surface area contributed by atoms with Gasteiger partial charge in [-0.3, -0.25) is 0 Å². The summed E-state index contributed by atoms with van der Waals surface area (Å²) in [6, 6.07) is 11.1. The van der Waals surface area contributed by atoms with Crippen LogP contribution in [-0.2, 0) is 10.0 Å². The van der Waals surface area contributed by atoms with E-state index in [0.29, 0.717) is 0 Å². The Bertz CT molecular complexity index is 814. The number of carboxylic acid groups (broad SMARTS) is 1. The van der Waals surface area contributed by atoms with Gasteiger partial charge in [0.2, 0.25) is 0 Å². The van der Waals surface area contributed by atoms with E-state index in [1.807, 2.05) is 0 Å². The van der Waals surface area contributed by atoms with E-state index in [2.05, 4.69) is 63.3 Å². The first kappa shape index (κ1) is 22.8. The summed E-state index contributed by atoms with van der Waals surface area (Å²) in [5.74, 6) is -0.940. The molecule has 1 radical (unpaired) electrons. The van der Waals surface area contributed by atoms with E-state index in [9.17, 15) is 4.79 Å². The van der Waals surface area contributed by atoms with Crippen LogP contribution in [0.25, 0.3) is 0 Å². The first-order chi connectivity index (χ1) is 13.2. The van der Waals surface area contributed by atoms with E-state index in [-0.39, 0.29) is 27.7 Å². The van der Waals surface area contributed by atoms with Gasteiger partial charge in [-0.25, -0.2) is 0 Å². The maximum atomic E-state index is 11.0. The first-order valence-corrected chi connectivity index (χ1v) is 12.7. The van der Waals surface area contributed by atoms with Crippen molar-refractivity contribution < 1.29 is 9.90 Å². The van der Waals surface area contributed by atoms with Crippen LogP contribution in [0.1, 0.15) is 54.1 Å². The SMILES string of the molecule is CC[C@@H](Nc1ccc(C)c(C[As]CC(C)C(=O)O)c1)c1cc(C)c(Cl)c(C)c1. The molecule has 0 amide bonds. The fraction of sp³-hybridized carbons (Fsp3) is 0.435. The van der Waals surface area contributed by atoms with Crippen LogP contribution in [0.15, 0.2) is 30.3 Å². The van der Waals surface area contributed by atoms with Crippen LogP contribution < -0.4 is 5.32 Å². The summed E-state index contributed by atoms with van der Waals surface area (Å²) in [5.41, 5.74) is 7.18. The second kappa shape index (κ2) is 10.4. The molecule has 2 atom stereocenters. The molecule has 0 aliphatic rings. The standard InChI is InChI=1S/C23H30AsClNO2/c1-6-21(18-9-15(3)22(25)16(4)10-18)26-20-8-7-14(2)19(11-20)13-24-12-17(5)23(27)28/h7-11,17,21,26H,6,12-13H2,1-5H3,(H,27,28)/t17?,21-/m1/s1. The molecular weight excluding hydrogens is 433 g/mol. The average Bonchev–Trinajstić information content (AvgIpc) is 2.65. The van der Waals surface area contributed by atoms with E-state index < -0.39 is 5.97 Å². The van der Waals surface area contributed by atoms with Crippen molar-refractivity contribution in [2.45, 2.75) is 57.5 Å². The van der Waals surface area contributed by atoms with Crippen LogP contribution in [-0.4, -0.2) is 26.8 Å². The quantitative estimate of drug-likeness (QED) is 0.438. The minimum absolute atomic E-state index is 0.00857. The van der Waals surface area contributed by atoms with Crippen molar-refractivity contribution in [2.24, 2.45) is 5.92 Å². The van der Waals surface area contributed by atoms with Crippen LogP contribution >= 0.6 is 11.6 Å². The molecule has 0 aliphatic carbocycles. The zero-order valence-corrected chi connectivity index (χ0v) is 20.0. The third-order valence-corrected chi connectivity index (χ3v) is 8.54. The van der Waals surface area contributed by atoms with Crippen LogP contribution in [0.5, 0.6) is 0 Å². The van der Waals surface area contributed by atoms with Crippen molar-refractivity contribution >= 4 is 39.0 Å². The molecule has 0 spiro atoms. The van der Waals surface area contributed by atoms with Crippen LogP contribution in [0, 0.1) is 26.7 Å². The van der Waals surface area contributed by atoms with Gasteiger partial charge in [-0.2, -0.15) is 0 Å². The second-order valence-electron chi connectivity index (χ2n) is 7.52. The number of nitrogens with one attached hydrogen (secondary N) is 1. The number of aryl methyl sites for hydroxylation is 3. The Kier molecular flexibility index (Phi) is 8.46. The molecular formula is C23H30AsClNO2. The molecule has 3 nitrogen and oxygen atoms in total. The molecule has 2 aromatic rings. The Morgan fingerprint density at radius 3 is 2.36 bits per heavy atom. The molecule has 2 N–H and O–H groups in total. The van der Waals surface area contributed by atoms with Gasteiger partial charge in [-0.15, -0.1) is 0 Å². The van der Waals surface area contributed by atoms with Crippen molar-refractivity contribution in [1.29, 1.82) is 0 Å². The zero-order chi connectivity index (χ0) is 20.8. The number of anilines is 1. The van der Waals surface area contributed by atoms with Crippen LogP contribution in [0.2, 0.25) is 10.2 Å². The van der Waals surface area contributed by atoms with Gasteiger partial charge in [-0.1, -0.05) is 0 Å². The Morgan fingerprint density at radius 1 is 1.14 bits per heavy atom. The number of benzene rings is 2. The molecule has 0 saturated heterocycles. The van der Waals surface area contributed by atoms with Crippen LogP contribution in [0.4, 0.5) is 5.69 Å². The molecule has 2 aromatic carbocycles. The molecule has 5 heteroatoms. The monoisotopic (exact) mass is 462 g/mol. The summed E-state index contributed by atoms with van der Waals surface area (Å²) in [6.45, 7) is 10.2. The summed E-state index contributed by atoms with van der Waals surface area (Å²) in [6.07, 6.45) is 0.978. The van der Waals surface area contributed by atoms with E-state index in [1.54, 1.807) is 6.92 Å². The Hall–Kier alpha value is -1.44. The Morgan fingerprint density at radius 2 is 1.79 bits per heavy atom. The summed E-state index contributed by atoms with van der Waals surface area (Å²) in [7, 11) is 0. The summed E-state index contributed by atoms with van der Waals surface area (Å²) < 4.78 is 0. The minimum atomic E-state index is -0.693. The van der Waals surface area contributed by atoms with Gasteiger partial charge in [0, 0.05) is 0 Å². The zero-order valence-electron chi connectivity index (χ0n) is 17.3. The van der Waals surface area contributed by atoms with E-state index >= 15 is 0 Å². The number of aliphatic carboxylic acids is 1. The van der Waals surface area contributed by atoms with Gasteiger partial charge in [0.25, 0.3) is 0 Å². The molecule has 2 rings (SSSR count). The molecule has 0 saturated carbocycles. The van der Waals surface area contributed by atoms with Gasteiger partial charge in [-0.05, 0) is 0 Å². The van der Waals surface area contributed by atoms with Crippen molar-refractivity contribution in [3.63, 3.8) is 0 Å². The molecule has 0 aliphatic heterocycles. The van der Waals surface area contributed by atoms with E-state index in [0.717, 1.165) is 38.7 Å². The van der Waals surface area contributed by atoms with Gasteiger partial charge in [0.1, 0.15) is 0 Å². The average molecular weight is 463 g/mol. The van der Waals surface area contributed by atoms with E-state index in [1.165, 1.54) is 16.7 Å². The number of hydrogen-bond acceptors (Lipinski definition) is 2. The second-order valence-corrected chi connectivity index (χ2v) is 10.3. The predicted octanol–water partition coefficient (Wildman–Crippen LogP) is 6.17. The molecule has 0 aromatic heterocycles. The number of carbonyl (C=O) groups is 1. The van der Waals surface area contributed by atoms with Crippen molar-refractivity contribution in [3.8, 4) is 0 Å². The fourth-order valence-corrected chi connectivity index (χ4v) is 5.93. The molecule has 1 unspecified atom stereocenters. The van der Waals surface area contributed by atoms with E-state index in [4.69, 9.17) is 16.7 Å². The van der Waals surface area contributed by atoms with Crippen molar-refractivity contribution in [1.82, 2.24) is 0 Å². The molecule has 151 valence electrons. The summed E-state index contributed by atoms with van der Waals surface area (Å²) in [5, 5.41) is 15.4. The maximum absolute atomic E-state index is 11.0. The summed E-state index contributed by atoms with van der Waals surface area (Å²) in [4.78, 5) is 11.0. The van der Waals surface area contributed by atoms with Gasteiger partial charge >= 0.3 is 181 Å². The van der Waals surface area contributed by atoms with Gasteiger partial charge in [0.15, 0.2) is 0 Å².